The Hall–Kier alpha value is -2.50. The molecule has 3 aliphatic heterocycles. The molecule has 2 N–H and O–H groups in total. The molecule has 8 heteroatoms. The lowest BCUT2D eigenvalue weighted by molar-refractivity contribution is -0.141. The van der Waals surface area contributed by atoms with Gasteiger partial charge >= 0.3 is 0 Å². The normalized spacial score (nSPS) is 36.5. The SMILES string of the molecule is N#C[C@@H]1CC2C[C@@H]2N1C(=O)[C@@H](N)CN1C[C@@H]2C[C@H]1C(=O)N2[C@H]1CCc2cc(F)ccc21. The minimum absolute atomic E-state index is 0.0170. The lowest BCUT2D eigenvalue weighted by atomic mass is 10.1. The van der Waals surface area contributed by atoms with Gasteiger partial charge in [-0.2, -0.15) is 5.26 Å². The standard InChI is InChI=1S/C23H26FN5O2/c24-14-2-3-17-12(5-14)1-4-19(17)29-16-8-21(23(29)31)27(10-16)11-18(26)22(30)28-15(9-25)6-13-7-20(13)28/h2-3,5,13,15-16,18-21H,1,4,6-8,10-11,26H2/t13?,15-,16-,18-,19-,20-,21-/m0/s1. The van der Waals surface area contributed by atoms with Gasteiger partial charge in [0.15, 0.2) is 0 Å². The number of hydrogen-bond acceptors (Lipinski definition) is 5. The highest BCUT2D eigenvalue weighted by molar-refractivity contribution is 5.87. The van der Waals surface area contributed by atoms with Gasteiger partial charge in [-0.3, -0.25) is 14.5 Å². The number of hydrogen-bond donors (Lipinski definition) is 1. The molecule has 0 spiro atoms. The molecule has 3 heterocycles. The summed E-state index contributed by atoms with van der Waals surface area (Å²) in [5, 5.41) is 9.36. The highest BCUT2D eigenvalue weighted by Crippen LogP contribution is 2.48. The smallest absolute Gasteiger partial charge is 0.242 e. The maximum absolute atomic E-state index is 13.6. The molecular formula is C23H26FN5O2. The summed E-state index contributed by atoms with van der Waals surface area (Å²) in [5.41, 5.74) is 8.35. The van der Waals surface area contributed by atoms with Gasteiger partial charge in [0.2, 0.25) is 11.8 Å². The molecule has 162 valence electrons. The average Bonchev–Trinajstić information content (AvgIpc) is 3.08. The van der Waals surface area contributed by atoms with Gasteiger partial charge in [0, 0.05) is 25.2 Å². The third-order valence-corrected chi connectivity index (χ3v) is 8.06. The number of carbonyl (C=O) groups excluding carboxylic acids is 2. The first-order chi connectivity index (χ1) is 15.0. The number of piperazine rings is 1. The number of halogens is 1. The molecule has 3 saturated heterocycles. The highest BCUT2D eigenvalue weighted by atomic mass is 19.1. The van der Waals surface area contributed by atoms with E-state index in [0.717, 1.165) is 43.2 Å². The summed E-state index contributed by atoms with van der Waals surface area (Å²) in [6, 6.07) is 6.11. The van der Waals surface area contributed by atoms with E-state index in [9.17, 15) is 19.2 Å². The van der Waals surface area contributed by atoms with Crippen molar-refractivity contribution >= 4 is 11.8 Å². The molecule has 4 fully saturated rings. The molecule has 2 bridgehead atoms. The fourth-order valence-electron chi connectivity index (χ4n) is 6.56. The van der Waals surface area contributed by atoms with E-state index in [1.807, 2.05) is 11.0 Å². The molecule has 7 atom stereocenters. The summed E-state index contributed by atoms with van der Waals surface area (Å²) < 4.78 is 13.6. The summed E-state index contributed by atoms with van der Waals surface area (Å²) in [4.78, 5) is 31.9. The molecule has 1 unspecified atom stereocenters. The number of amides is 2. The molecule has 0 radical (unpaired) electrons. The third kappa shape index (κ3) is 2.83. The van der Waals surface area contributed by atoms with Crippen molar-refractivity contribution in [2.45, 2.75) is 68.4 Å². The maximum Gasteiger partial charge on any atom is 0.242 e. The predicted molar refractivity (Wildman–Crippen MR) is 109 cm³/mol. The summed E-state index contributed by atoms with van der Waals surface area (Å²) in [6.07, 6.45) is 4.11. The number of carbonyl (C=O) groups is 2. The van der Waals surface area contributed by atoms with Gasteiger partial charge in [-0.25, -0.2) is 4.39 Å². The van der Waals surface area contributed by atoms with E-state index in [0.29, 0.717) is 19.0 Å². The van der Waals surface area contributed by atoms with Crippen LogP contribution in [0.15, 0.2) is 18.2 Å². The van der Waals surface area contributed by atoms with Crippen molar-refractivity contribution in [1.29, 1.82) is 5.26 Å². The van der Waals surface area contributed by atoms with Crippen LogP contribution in [0, 0.1) is 23.1 Å². The first-order valence-electron chi connectivity index (χ1n) is 11.3. The van der Waals surface area contributed by atoms with Crippen LogP contribution in [-0.2, 0) is 16.0 Å². The van der Waals surface area contributed by atoms with Gasteiger partial charge < -0.3 is 15.5 Å². The minimum Gasteiger partial charge on any atom is -0.330 e. The van der Waals surface area contributed by atoms with Gasteiger partial charge in [0.05, 0.1) is 24.2 Å². The molecule has 1 saturated carbocycles. The molecule has 6 rings (SSSR count). The second kappa shape index (κ2) is 6.75. The Morgan fingerprint density at radius 1 is 1.29 bits per heavy atom. The molecule has 7 nitrogen and oxygen atoms in total. The van der Waals surface area contributed by atoms with Crippen LogP contribution < -0.4 is 5.73 Å². The number of fused-ring (bicyclic) bond motifs is 4. The fourth-order valence-corrected chi connectivity index (χ4v) is 6.56. The van der Waals surface area contributed by atoms with Gasteiger partial charge in [-0.1, -0.05) is 6.07 Å². The monoisotopic (exact) mass is 423 g/mol. The molecule has 5 aliphatic rings. The van der Waals surface area contributed by atoms with E-state index >= 15 is 0 Å². The Balaban J connectivity index is 1.13. The predicted octanol–water partition coefficient (Wildman–Crippen LogP) is 0.938. The van der Waals surface area contributed by atoms with E-state index in [1.165, 1.54) is 6.07 Å². The number of likely N-dealkylation sites (tertiary alicyclic amines) is 3. The summed E-state index contributed by atoms with van der Waals surface area (Å²) >= 11 is 0. The van der Waals surface area contributed by atoms with Gasteiger partial charge in [0.1, 0.15) is 11.9 Å². The quantitative estimate of drug-likeness (QED) is 0.778. The molecule has 0 aromatic heterocycles. The second-order valence-electron chi connectivity index (χ2n) is 9.80. The Bertz CT molecular complexity index is 1010. The number of nitrogens with two attached hydrogens (primary N) is 1. The molecule has 1 aromatic carbocycles. The zero-order chi connectivity index (χ0) is 21.4. The molecule has 2 aliphatic carbocycles. The molecular weight excluding hydrogens is 397 g/mol. The van der Waals surface area contributed by atoms with Crippen molar-refractivity contribution in [3.8, 4) is 6.07 Å². The van der Waals surface area contributed by atoms with Crippen LogP contribution in [-0.4, -0.2) is 69.8 Å². The molecule has 2 amide bonds. The number of nitriles is 1. The number of aryl methyl sites for hydroxylation is 1. The van der Waals surface area contributed by atoms with Gasteiger partial charge in [-0.15, -0.1) is 0 Å². The minimum atomic E-state index is -0.717. The Morgan fingerprint density at radius 3 is 2.90 bits per heavy atom. The first kappa shape index (κ1) is 19.2. The van der Waals surface area contributed by atoms with Gasteiger partial charge in [0.25, 0.3) is 0 Å². The van der Waals surface area contributed by atoms with Crippen LogP contribution in [0.3, 0.4) is 0 Å². The zero-order valence-electron chi connectivity index (χ0n) is 17.3. The van der Waals surface area contributed by atoms with Crippen molar-refractivity contribution in [3.05, 3.63) is 35.1 Å². The Labute approximate surface area is 180 Å². The third-order valence-electron chi connectivity index (χ3n) is 8.06. The first-order valence-corrected chi connectivity index (χ1v) is 11.3. The van der Waals surface area contributed by atoms with Crippen LogP contribution in [0.5, 0.6) is 0 Å². The van der Waals surface area contributed by atoms with E-state index in [2.05, 4.69) is 11.0 Å². The van der Waals surface area contributed by atoms with Crippen molar-refractivity contribution in [3.63, 3.8) is 0 Å². The Morgan fingerprint density at radius 2 is 2.13 bits per heavy atom. The fraction of sp³-hybridized carbons (Fsp3) is 0.609. The lowest BCUT2D eigenvalue weighted by Gasteiger charge is -2.38. The number of piperidine rings is 1. The largest absolute Gasteiger partial charge is 0.330 e. The second-order valence-corrected chi connectivity index (χ2v) is 9.80. The van der Waals surface area contributed by atoms with E-state index in [4.69, 9.17) is 5.73 Å². The van der Waals surface area contributed by atoms with Crippen molar-refractivity contribution in [2.24, 2.45) is 11.7 Å². The Kier molecular flexibility index (Phi) is 4.18. The molecule has 31 heavy (non-hydrogen) atoms. The van der Waals surface area contributed by atoms with Crippen LogP contribution in [0.4, 0.5) is 4.39 Å². The topological polar surface area (TPSA) is 93.7 Å². The number of nitrogens with zero attached hydrogens (tertiary/aromatic N) is 4. The summed E-state index contributed by atoms with van der Waals surface area (Å²) in [6.45, 7) is 1.05. The van der Waals surface area contributed by atoms with Crippen molar-refractivity contribution in [1.82, 2.24) is 14.7 Å². The van der Waals surface area contributed by atoms with Crippen LogP contribution in [0.25, 0.3) is 0 Å². The van der Waals surface area contributed by atoms with Crippen molar-refractivity contribution in [2.75, 3.05) is 13.1 Å². The number of rotatable bonds is 4. The van der Waals surface area contributed by atoms with Crippen LogP contribution >= 0.6 is 0 Å². The zero-order valence-corrected chi connectivity index (χ0v) is 17.3. The summed E-state index contributed by atoms with van der Waals surface area (Å²) in [5.74, 6) is 0.168. The molecule has 1 aromatic rings. The van der Waals surface area contributed by atoms with Crippen molar-refractivity contribution < 1.29 is 14.0 Å². The van der Waals surface area contributed by atoms with E-state index in [1.54, 1.807) is 11.0 Å². The van der Waals surface area contributed by atoms with Crippen LogP contribution in [0.1, 0.15) is 42.9 Å². The van der Waals surface area contributed by atoms with Crippen LogP contribution in [0.2, 0.25) is 0 Å². The summed E-state index contributed by atoms with van der Waals surface area (Å²) in [7, 11) is 0. The van der Waals surface area contributed by atoms with Gasteiger partial charge in [-0.05, 0) is 61.3 Å². The number of benzene rings is 1. The van der Waals surface area contributed by atoms with E-state index in [-0.39, 0.29) is 47.8 Å². The average molecular weight is 423 g/mol. The highest BCUT2D eigenvalue weighted by Gasteiger charge is 2.56. The van der Waals surface area contributed by atoms with E-state index < -0.39 is 6.04 Å². The lowest BCUT2D eigenvalue weighted by Crippen LogP contribution is -2.57. The maximum atomic E-state index is 13.6.